The summed E-state index contributed by atoms with van der Waals surface area (Å²) in [6.45, 7) is 4.36. The predicted molar refractivity (Wildman–Crippen MR) is 68.6 cm³/mol. The second-order valence-electron chi connectivity index (χ2n) is 4.47. The van der Waals surface area contributed by atoms with Gasteiger partial charge in [0.05, 0.1) is 0 Å². The second-order valence-corrected chi connectivity index (χ2v) is 4.47. The molecular formula is C14H26O3. The molecule has 0 atom stereocenters. The van der Waals surface area contributed by atoms with Gasteiger partial charge in [-0.3, -0.25) is 9.59 Å². The van der Waals surface area contributed by atoms with Crippen molar-refractivity contribution in [1.29, 1.82) is 0 Å². The van der Waals surface area contributed by atoms with Crippen molar-refractivity contribution in [2.75, 3.05) is 0 Å². The largest absolute Gasteiger partial charge is 0.393 e. The quantitative estimate of drug-likeness (QED) is 0.515. The maximum Gasteiger partial charge on any atom is 0.313 e. The third kappa shape index (κ3) is 11.4. The second kappa shape index (κ2) is 11.6. The number of hydrogen-bond acceptors (Lipinski definition) is 3. The maximum absolute atomic E-state index is 11.0. The van der Waals surface area contributed by atoms with Crippen LogP contribution in [0.2, 0.25) is 0 Å². The summed E-state index contributed by atoms with van der Waals surface area (Å²) in [5.41, 5.74) is 0. The summed E-state index contributed by atoms with van der Waals surface area (Å²) >= 11 is 0. The van der Waals surface area contributed by atoms with Crippen LogP contribution in [-0.2, 0) is 14.3 Å². The van der Waals surface area contributed by atoms with Crippen molar-refractivity contribution >= 4 is 11.9 Å². The van der Waals surface area contributed by atoms with Gasteiger partial charge < -0.3 is 4.74 Å². The monoisotopic (exact) mass is 242 g/mol. The Kier molecular flexibility index (Phi) is 11.0. The van der Waals surface area contributed by atoms with E-state index in [9.17, 15) is 9.59 Å². The lowest BCUT2D eigenvalue weighted by atomic mass is 10.1. The SMILES string of the molecule is CCCC.O=C1CCCCCCCCC(=O)O1. The predicted octanol–water partition coefficient (Wildman–Crippen LogP) is 4.00. The molecule has 1 aliphatic heterocycles. The lowest BCUT2D eigenvalue weighted by Gasteiger charge is -2.00. The van der Waals surface area contributed by atoms with Gasteiger partial charge in [-0.25, -0.2) is 0 Å². The molecule has 0 aromatic heterocycles. The van der Waals surface area contributed by atoms with Crippen molar-refractivity contribution < 1.29 is 14.3 Å². The van der Waals surface area contributed by atoms with Gasteiger partial charge in [0, 0.05) is 12.8 Å². The highest BCUT2D eigenvalue weighted by atomic mass is 16.6. The molecule has 0 saturated carbocycles. The van der Waals surface area contributed by atoms with Gasteiger partial charge in [-0.1, -0.05) is 52.4 Å². The average molecular weight is 242 g/mol. The summed E-state index contributed by atoms with van der Waals surface area (Å²) in [6, 6.07) is 0. The summed E-state index contributed by atoms with van der Waals surface area (Å²) in [4.78, 5) is 22.0. The first-order chi connectivity index (χ1) is 8.20. The summed E-state index contributed by atoms with van der Waals surface area (Å²) in [5, 5.41) is 0. The van der Waals surface area contributed by atoms with Crippen molar-refractivity contribution in [3.63, 3.8) is 0 Å². The third-order valence-corrected chi connectivity index (χ3v) is 2.74. The molecular weight excluding hydrogens is 216 g/mol. The first kappa shape index (κ1) is 16.1. The van der Waals surface area contributed by atoms with Crippen LogP contribution >= 0.6 is 0 Å². The van der Waals surface area contributed by atoms with Gasteiger partial charge in [0.25, 0.3) is 0 Å². The number of carbonyl (C=O) groups is 2. The molecule has 100 valence electrons. The molecule has 1 aliphatic rings. The van der Waals surface area contributed by atoms with Gasteiger partial charge in [0.1, 0.15) is 0 Å². The molecule has 1 saturated heterocycles. The van der Waals surface area contributed by atoms with Gasteiger partial charge in [-0.2, -0.15) is 0 Å². The Labute approximate surface area is 105 Å². The molecule has 0 spiro atoms. The van der Waals surface area contributed by atoms with Gasteiger partial charge in [-0.15, -0.1) is 0 Å². The molecule has 3 nitrogen and oxygen atoms in total. The first-order valence-electron chi connectivity index (χ1n) is 6.94. The molecule has 0 aromatic rings. The van der Waals surface area contributed by atoms with E-state index in [1.807, 2.05) is 0 Å². The van der Waals surface area contributed by atoms with Crippen molar-refractivity contribution in [1.82, 2.24) is 0 Å². The minimum absolute atomic E-state index is 0.355. The van der Waals surface area contributed by atoms with Crippen molar-refractivity contribution in [2.45, 2.75) is 78.1 Å². The smallest absolute Gasteiger partial charge is 0.313 e. The highest BCUT2D eigenvalue weighted by molar-refractivity contribution is 5.85. The molecule has 1 rings (SSSR count). The third-order valence-electron chi connectivity index (χ3n) is 2.74. The zero-order valence-corrected chi connectivity index (χ0v) is 11.3. The van der Waals surface area contributed by atoms with E-state index in [0.717, 1.165) is 25.7 Å². The fraction of sp³-hybridized carbons (Fsp3) is 0.857. The van der Waals surface area contributed by atoms with Crippen LogP contribution in [0.4, 0.5) is 0 Å². The summed E-state index contributed by atoms with van der Waals surface area (Å²) in [6.07, 6.45) is 9.62. The molecule has 0 bridgehead atoms. The molecule has 3 heteroatoms. The van der Waals surface area contributed by atoms with E-state index in [4.69, 9.17) is 0 Å². The number of ether oxygens (including phenoxy) is 1. The zero-order chi connectivity index (χ0) is 12.9. The van der Waals surface area contributed by atoms with E-state index in [2.05, 4.69) is 18.6 Å². The Morgan fingerprint density at radius 3 is 1.47 bits per heavy atom. The fourth-order valence-corrected chi connectivity index (χ4v) is 1.47. The van der Waals surface area contributed by atoms with Crippen LogP contribution in [0.1, 0.15) is 78.1 Å². The van der Waals surface area contributed by atoms with E-state index >= 15 is 0 Å². The van der Waals surface area contributed by atoms with E-state index < -0.39 is 0 Å². The molecule has 0 aromatic carbocycles. The number of unbranched alkanes of at least 4 members (excludes halogenated alkanes) is 1. The zero-order valence-electron chi connectivity index (χ0n) is 11.3. The molecule has 1 heterocycles. The number of esters is 2. The highest BCUT2D eigenvalue weighted by Crippen LogP contribution is 2.11. The Bertz CT molecular complexity index is 190. The highest BCUT2D eigenvalue weighted by Gasteiger charge is 2.10. The van der Waals surface area contributed by atoms with Gasteiger partial charge in [0.15, 0.2) is 0 Å². The van der Waals surface area contributed by atoms with Gasteiger partial charge in [0.2, 0.25) is 0 Å². The van der Waals surface area contributed by atoms with E-state index in [-0.39, 0.29) is 11.9 Å². The van der Waals surface area contributed by atoms with Crippen LogP contribution in [0.15, 0.2) is 0 Å². The maximum atomic E-state index is 11.0. The van der Waals surface area contributed by atoms with Crippen molar-refractivity contribution in [3.05, 3.63) is 0 Å². The molecule has 17 heavy (non-hydrogen) atoms. The standard InChI is InChI=1S/C10H16O3.C4H10/c11-9-7-5-3-1-2-4-6-8-10(12)13-9;1-3-4-2/h1-8H2;3-4H2,1-2H3. The lowest BCUT2D eigenvalue weighted by molar-refractivity contribution is -0.159. The number of hydrogen-bond donors (Lipinski definition) is 0. The normalized spacial score (nSPS) is 18.5. The minimum Gasteiger partial charge on any atom is -0.393 e. The molecule has 0 amide bonds. The van der Waals surface area contributed by atoms with Crippen molar-refractivity contribution in [2.24, 2.45) is 0 Å². The summed E-state index contributed by atoms with van der Waals surface area (Å²) < 4.78 is 4.60. The summed E-state index contributed by atoms with van der Waals surface area (Å²) in [5.74, 6) is -0.709. The fourth-order valence-electron chi connectivity index (χ4n) is 1.47. The van der Waals surface area contributed by atoms with Crippen LogP contribution in [-0.4, -0.2) is 11.9 Å². The Morgan fingerprint density at radius 1 is 0.765 bits per heavy atom. The molecule has 0 N–H and O–H groups in total. The topological polar surface area (TPSA) is 43.4 Å². The van der Waals surface area contributed by atoms with Crippen LogP contribution in [0.3, 0.4) is 0 Å². The van der Waals surface area contributed by atoms with Crippen LogP contribution in [0.5, 0.6) is 0 Å². The van der Waals surface area contributed by atoms with E-state index in [1.165, 1.54) is 25.7 Å². The molecule has 0 aliphatic carbocycles. The molecule has 0 unspecified atom stereocenters. The van der Waals surface area contributed by atoms with Crippen LogP contribution < -0.4 is 0 Å². The number of carbonyl (C=O) groups excluding carboxylic acids is 2. The Morgan fingerprint density at radius 2 is 1.12 bits per heavy atom. The molecule has 1 fully saturated rings. The number of rotatable bonds is 1. The van der Waals surface area contributed by atoms with E-state index in [1.54, 1.807) is 0 Å². The number of cyclic esters (lactones) is 2. The molecule has 0 radical (unpaired) electrons. The lowest BCUT2D eigenvalue weighted by Crippen LogP contribution is -2.11. The Balaban J connectivity index is 0.000000557. The first-order valence-corrected chi connectivity index (χ1v) is 6.94. The Hall–Kier alpha value is -0.860. The van der Waals surface area contributed by atoms with Crippen LogP contribution in [0.25, 0.3) is 0 Å². The minimum atomic E-state index is -0.355. The van der Waals surface area contributed by atoms with Gasteiger partial charge >= 0.3 is 11.9 Å². The van der Waals surface area contributed by atoms with E-state index in [0.29, 0.717) is 12.8 Å². The van der Waals surface area contributed by atoms with Gasteiger partial charge in [-0.05, 0) is 12.8 Å². The van der Waals surface area contributed by atoms with Crippen LogP contribution in [0, 0.1) is 0 Å². The average Bonchev–Trinajstić information content (AvgIpc) is 2.35. The van der Waals surface area contributed by atoms with Crippen molar-refractivity contribution in [3.8, 4) is 0 Å². The summed E-state index contributed by atoms with van der Waals surface area (Å²) in [7, 11) is 0.